The fourth-order valence-electron chi connectivity index (χ4n) is 2.57. The third-order valence-electron chi connectivity index (χ3n) is 3.77. The second-order valence-corrected chi connectivity index (χ2v) is 6.08. The molecule has 3 rings (SSSR count). The lowest BCUT2D eigenvalue weighted by Crippen LogP contribution is -2.29. The van der Waals surface area contributed by atoms with E-state index in [2.05, 4.69) is 20.5 Å². The van der Waals surface area contributed by atoms with E-state index in [1.807, 2.05) is 19.3 Å². The molecule has 0 amide bonds. The molecular weight excluding hydrogens is 345 g/mol. The summed E-state index contributed by atoms with van der Waals surface area (Å²) in [5.41, 5.74) is 1.82. The lowest BCUT2D eigenvalue weighted by atomic mass is 10.3. The van der Waals surface area contributed by atoms with Gasteiger partial charge < -0.3 is 5.32 Å². The predicted octanol–water partition coefficient (Wildman–Crippen LogP) is 2.79. The standard InChI is InChI=1S/C14H17Cl2N5.ClH/c1-17-10-4-5-20(7-10)8-11-9-21(19-18-11)12-2-3-13(15)14(16)6-12;/h2-3,6,9-10,17H,4-5,7-8H2,1H3;1H. The monoisotopic (exact) mass is 361 g/mol. The Balaban J connectivity index is 0.00000176. The molecule has 0 spiro atoms. The van der Waals surface area contributed by atoms with Crippen LogP contribution in [0, 0.1) is 0 Å². The molecule has 0 radical (unpaired) electrons. The van der Waals surface area contributed by atoms with Crippen molar-refractivity contribution in [2.75, 3.05) is 20.1 Å². The molecule has 1 unspecified atom stereocenters. The maximum atomic E-state index is 6.03. The summed E-state index contributed by atoms with van der Waals surface area (Å²) in [5.74, 6) is 0. The maximum absolute atomic E-state index is 6.03. The first-order valence-corrected chi connectivity index (χ1v) is 7.67. The first-order chi connectivity index (χ1) is 10.2. The van der Waals surface area contributed by atoms with Crippen LogP contribution in [0.4, 0.5) is 0 Å². The first kappa shape index (κ1) is 17.5. The fourth-order valence-corrected chi connectivity index (χ4v) is 2.86. The Bertz CT molecular complexity index is 631. The predicted molar refractivity (Wildman–Crippen MR) is 91.4 cm³/mol. The Morgan fingerprint density at radius 2 is 2.14 bits per heavy atom. The lowest BCUT2D eigenvalue weighted by Gasteiger charge is -2.13. The fraction of sp³-hybridized carbons (Fsp3) is 0.429. The Kier molecular flexibility index (Phi) is 6.06. The van der Waals surface area contributed by atoms with Crippen molar-refractivity contribution in [3.05, 3.63) is 40.1 Å². The van der Waals surface area contributed by atoms with Crippen LogP contribution in [0.15, 0.2) is 24.4 Å². The highest BCUT2D eigenvalue weighted by molar-refractivity contribution is 6.42. The summed E-state index contributed by atoms with van der Waals surface area (Å²) in [4.78, 5) is 2.38. The zero-order chi connectivity index (χ0) is 14.8. The van der Waals surface area contributed by atoms with E-state index in [1.54, 1.807) is 16.8 Å². The minimum atomic E-state index is 0. The highest BCUT2D eigenvalue weighted by atomic mass is 35.5. The van der Waals surface area contributed by atoms with E-state index in [4.69, 9.17) is 23.2 Å². The molecule has 2 aromatic rings. The number of nitrogens with zero attached hydrogens (tertiary/aromatic N) is 4. The third-order valence-corrected chi connectivity index (χ3v) is 4.51. The summed E-state index contributed by atoms with van der Waals surface area (Å²) in [7, 11) is 2.01. The summed E-state index contributed by atoms with van der Waals surface area (Å²) in [6, 6.07) is 6.00. The number of likely N-dealkylation sites (N-methyl/N-ethyl adjacent to an activating group) is 1. The van der Waals surface area contributed by atoms with Crippen molar-refractivity contribution < 1.29 is 0 Å². The van der Waals surface area contributed by atoms with Crippen molar-refractivity contribution in [3.8, 4) is 5.69 Å². The van der Waals surface area contributed by atoms with Crippen molar-refractivity contribution in [2.45, 2.75) is 19.0 Å². The van der Waals surface area contributed by atoms with E-state index in [9.17, 15) is 0 Å². The molecule has 1 atom stereocenters. The number of nitrogens with one attached hydrogen (secondary N) is 1. The molecule has 1 fully saturated rings. The van der Waals surface area contributed by atoms with E-state index in [-0.39, 0.29) is 12.4 Å². The number of halogens is 3. The average Bonchev–Trinajstić information content (AvgIpc) is 3.11. The van der Waals surface area contributed by atoms with Gasteiger partial charge in [-0.05, 0) is 31.7 Å². The normalized spacial score (nSPS) is 18.4. The van der Waals surface area contributed by atoms with Gasteiger partial charge in [-0.3, -0.25) is 4.90 Å². The number of rotatable bonds is 4. The average molecular weight is 363 g/mol. The van der Waals surface area contributed by atoms with Crippen LogP contribution in [-0.4, -0.2) is 46.1 Å². The summed E-state index contributed by atoms with van der Waals surface area (Å²) in [6.45, 7) is 2.96. The van der Waals surface area contributed by atoms with Crippen LogP contribution in [0.25, 0.3) is 5.69 Å². The highest BCUT2D eigenvalue weighted by Crippen LogP contribution is 2.24. The number of hydrogen-bond donors (Lipinski definition) is 1. The number of aromatic nitrogens is 3. The van der Waals surface area contributed by atoms with Gasteiger partial charge in [0, 0.05) is 25.7 Å². The molecule has 5 nitrogen and oxygen atoms in total. The molecule has 0 aliphatic carbocycles. The van der Waals surface area contributed by atoms with Crippen LogP contribution < -0.4 is 5.32 Å². The van der Waals surface area contributed by atoms with Crippen LogP contribution in [0.5, 0.6) is 0 Å². The third kappa shape index (κ3) is 3.91. The van der Waals surface area contributed by atoms with E-state index in [0.717, 1.165) is 31.0 Å². The Labute approximate surface area is 146 Å². The molecule has 1 aliphatic rings. The molecule has 8 heteroatoms. The molecule has 0 bridgehead atoms. The Hall–Kier alpha value is -0.850. The number of likely N-dealkylation sites (tertiary alicyclic amines) is 1. The maximum Gasteiger partial charge on any atom is 0.0971 e. The molecular formula is C14H18Cl3N5. The lowest BCUT2D eigenvalue weighted by molar-refractivity contribution is 0.318. The van der Waals surface area contributed by atoms with Gasteiger partial charge in [0.15, 0.2) is 0 Å². The van der Waals surface area contributed by atoms with Gasteiger partial charge in [0.2, 0.25) is 0 Å². The second-order valence-electron chi connectivity index (χ2n) is 5.26. The van der Waals surface area contributed by atoms with Gasteiger partial charge in [-0.1, -0.05) is 28.4 Å². The van der Waals surface area contributed by atoms with Gasteiger partial charge in [0.05, 0.1) is 27.6 Å². The van der Waals surface area contributed by atoms with Gasteiger partial charge in [0.1, 0.15) is 0 Å². The van der Waals surface area contributed by atoms with Crippen molar-refractivity contribution in [1.29, 1.82) is 0 Å². The van der Waals surface area contributed by atoms with Crippen molar-refractivity contribution >= 4 is 35.6 Å². The minimum absolute atomic E-state index is 0. The van der Waals surface area contributed by atoms with Gasteiger partial charge in [-0.2, -0.15) is 0 Å². The van der Waals surface area contributed by atoms with E-state index >= 15 is 0 Å². The summed E-state index contributed by atoms with van der Waals surface area (Å²) in [6.07, 6.45) is 3.11. The highest BCUT2D eigenvalue weighted by Gasteiger charge is 2.21. The van der Waals surface area contributed by atoms with Crippen LogP contribution in [0.1, 0.15) is 12.1 Å². The minimum Gasteiger partial charge on any atom is -0.316 e. The molecule has 1 saturated heterocycles. The van der Waals surface area contributed by atoms with Crippen molar-refractivity contribution in [2.24, 2.45) is 0 Å². The van der Waals surface area contributed by atoms with E-state index in [1.165, 1.54) is 6.42 Å². The van der Waals surface area contributed by atoms with E-state index in [0.29, 0.717) is 16.1 Å². The molecule has 0 saturated carbocycles. The zero-order valence-corrected chi connectivity index (χ0v) is 14.5. The SMILES string of the molecule is CNC1CCN(Cc2cn(-c3ccc(Cl)c(Cl)c3)nn2)C1.Cl. The van der Waals surface area contributed by atoms with Gasteiger partial charge in [0.25, 0.3) is 0 Å². The van der Waals surface area contributed by atoms with Crippen LogP contribution in [-0.2, 0) is 6.54 Å². The summed E-state index contributed by atoms with van der Waals surface area (Å²) >= 11 is 12.0. The molecule has 120 valence electrons. The molecule has 1 aromatic carbocycles. The number of benzene rings is 1. The van der Waals surface area contributed by atoms with Gasteiger partial charge in [-0.15, -0.1) is 17.5 Å². The van der Waals surface area contributed by atoms with Crippen molar-refractivity contribution in [1.82, 2.24) is 25.2 Å². The van der Waals surface area contributed by atoms with Crippen molar-refractivity contribution in [3.63, 3.8) is 0 Å². The number of hydrogen-bond acceptors (Lipinski definition) is 4. The zero-order valence-electron chi connectivity index (χ0n) is 12.2. The second kappa shape index (κ2) is 7.62. The Morgan fingerprint density at radius 3 is 2.82 bits per heavy atom. The van der Waals surface area contributed by atoms with Gasteiger partial charge in [-0.25, -0.2) is 4.68 Å². The largest absolute Gasteiger partial charge is 0.316 e. The van der Waals surface area contributed by atoms with Gasteiger partial charge >= 0.3 is 0 Å². The molecule has 1 N–H and O–H groups in total. The molecule has 1 aromatic heterocycles. The summed E-state index contributed by atoms with van der Waals surface area (Å²) < 4.78 is 1.73. The van der Waals surface area contributed by atoms with Crippen LogP contribution >= 0.6 is 35.6 Å². The smallest absolute Gasteiger partial charge is 0.0971 e. The Morgan fingerprint density at radius 1 is 1.32 bits per heavy atom. The summed E-state index contributed by atoms with van der Waals surface area (Å²) in [5, 5.41) is 12.8. The van der Waals surface area contributed by atoms with Crippen LogP contribution in [0.2, 0.25) is 10.0 Å². The quantitative estimate of drug-likeness (QED) is 0.908. The molecule has 1 aliphatic heterocycles. The van der Waals surface area contributed by atoms with E-state index < -0.39 is 0 Å². The topological polar surface area (TPSA) is 46.0 Å². The molecule has 2 heterocycles. The van der Waals surface area contributed by atoms with Crippen LogP contribution in [0.3, 0.4) is 0 Å². The molecule has 22 heavy (non-hydrogen) atoms. The first-order valence-electron chi connectivity index (χ1n) is 6.92.